The second-order valence-electron chi connectivity index (χ2n) is 7.35. The fraction of sp³-hybridized carbons (Fsp3) is 0.450. The minimum Gasteiger partial charge on any atom is -0.326 e. The van der Waals surface area contributed by atoms with Crippen molar-refractivity contribution >= 4 is 45.6 Å². The molecule has 1 heterocycles. The monoisotopic (exact) mass is 450 g/mol. The maximum absolute atomic E-state index is 13.3. The van der Waals surface area contributed by atoms with Crippen molar-refractivity contribution in [2.45, 2.75) is 52.0 Å². The molecule has 0 aliphatic heterocycles. The zero-order valence-electron chi connectivity index (χ0n) is 16.8. The molecule has 8 nitrogen and oxygen atoms in total. The first kappa shape index (κ1) is 22.2. The Labute approximate surface area is 183 Å². The molecule has 0 atom stereocenters. The molecule has 2 amide bonds. The van der Waals surface area contributed by atoms with Gasteiger partial charge in [-0.1, -0.05) is 30.9 Å². The lowest BCUT2D eigenvalue weighted by Crippen LogP contribution is -2.45. The predicted molar refractivity (Wildman–Crippen MR) is 116 cm³/mol. The third kappa shape index (κ3) is 5.14. The van der Waals surface area contributed by atoms with Gasteiger partial charge in [-0.05, 0) is 32.8 Å². The van der Waals surface area contributed by atoms with Gasteiger partial charge >= 0.3 is 0 Å². The first-order chi connectivity index (χ1) is 14.3. The van der Waals surface area contributed by atoms with Crippen molar-refractivity contribution in [2.24, 2.45) is 0 Å². The summed E-state index contributed by atoms with van der Waals surface area (Å²) in [5, 5.41) is 14.2. The van der Waals surface area contributed by atoms with Crippen molar-refractivity contribution < 1.29 is 14.5 Å². The van der Waals surface area contributed by atoms with Crippen LogP contribution in [0, 0.1) is 24.0 Å². The number of amides is 2. The highest BCUT2D eigenvalue weighted by molar-refractivity contribution is 7.15. The SMILES string of the molecule is Cc1nc(NC(=O)CN(C(=O)c2ccc([N+](=O)[O-])cc2Cl)C2CCCCC2)sc1C. The van der Waals surface area contributed by atoms with Gasteiger partial charge in [0.1, 0.15) is 6.54 Å². The predicted octanol–water partition coefficient (Wildman–Crippen LogP) is 4.74. The number of carbonyl (C=O) groups is 2. The Kier molecular flexibility index (Phi) is 7.04. The Bertz CT molecular complexity index is 952. The van der Waals surface area contributed by atoms with Crippen LogP contribution >= 0.6 is 22.9 Å². The third-order valence-corrected chi connectivity index (χ3v) is 6.56. The summed E-state index contributed by atoms with van der Waals surface area (Å²) in [6, 6.07) is 3.68. The van der Waals surface area contributed by atoms with Gasteiger partial charge in [-0.3, -0.25) is 19.7 Å². The average molecular weight is 451 g/mol. The van der Waals surface area contributed by atoms with Crippen LogP contribution in [0.5, 0.6) is 0 Å². The normalized spacial score (nSPS) is 14.4. The number of aromatic nitrogens is 1. The number of nitro benzene ring substituents is 1. The van der Waals surface area contributed by atoms with Gasteiger partial charge in [-0.15, -0.1) is 11.3 Å². The van der Waals surface area contributed by atoms with Crippen LogP contribution < -0.4 is 5.32 Å². The molecule has 3 rings (SSSR count). The molecule has 1 aromatic heterocycles. The molecule has 10 heteroatoms. The fourth-order valence-electron chi connectivity index (χ4n) is 3.54. The van der Waals surface area contributed by atoms with E-state index in [1.807, 2.05) is 13.8 Å². The molecule has 30 heavy (non-hydrogen) atoms. The van der Waals surface area contributed by atoms with Crippen LogP contribution in [-0.2, 0) is 4.79 Å². The van der Waals surface area contributed by atoms with E-state index in [4.69, 9.17) is 11.6 Å². The minimum atomic E-state index is -0.565. The van der Waals surface area contributed by atoms with Crippen molar-refractivity contribution in [3.8, 4) is 0 Å². The van der Waals surface area contributed by atoms with E-state index in [0.717, 1.165) is 48.7 Å². The summed E-state index contributed by atoms with van der Waals surface area (Å²) >= 11 is 7.56. The highest BCUT2D eigenvalue weighted by Gasteiger charge is 2.30. The van der Waals surface area contributed by atoms with Crippen LogP contribution in [0.15, 0.2) is 18.2 Å². The zero-order chi connectivity index (χ0) is 21.8. The Morgan fingerprint density at radius 1 is 1.30 bits per heavy atom. The van der Waals surface area contributed by atoms with Gasteiger partial charge in [0, 0.05) is 23.1 Å². The molecule has 2 aromatic rings. The van der Waals surface area contributed by atoms with Crippen LogP contribution in [0.1, 0.15) is 53.0 Å². The maximum Gasteiger partial charge on any atom is 0.270 e. The number of nitrogens with one attached hydrogen (secondary N) is 1. The van der Waals surface area contributed by atoms with Crippen molar-refractivity contribution in [1.29, 1.82) is 0 Å². The Morgan fingerprint density at radius 2 is 2.00 bits per heavy atom. The molecule has 1 N–H and O–H groups in total. The second kappa shape index (κ2) is 9.53. The molecule has 1 aliphatic carbocycles. The smallest absolute Gasteiger partial charge is 0.270 e. The number of hydrogen-bond donors (Lipinski definition) is 1. The molecule has 1 aromatic carbocycles. The van der Waals surface area contributed by atoms with E-state index in [1.165, 1.54) is 28.4 Å². The van der Waals surface area contributed by atoms with Crippen molar-refractivity contribution in [3.05, 3.63) is 49.5 Å². The lowest BCUT2D eigenvalue weighted by molar-refractivity contribution is -0.384. The zero-order valence-corrected chi connectivity index (χ0v) is 18.4. The number of rotatable bonds is 6. The van der Waals surface area contributed by atoms with Crippen molar-refractivity contribution in [1.82, 2.24) is 9.88 Å². The summed E-state index contributed by atoms with van der Waals surface area (Å²) in [6.07, 6.45) is 4.67. The molecule has 1 aliphatic rings. The molecular weight excluding hydrogens is 428 g/mol. The molecular formula is C20H23ClN4O4S. The van der Waals surface area contributed by atoms with E-state index in [2.05, 4.69) is 10.3 Å². The second-order valence-corrected chi connectivity index (χ2v) is 8.97. The number of nitrogens with zero attached hydrogens (tertiary/aromatic N) is 3. The standard InChI is InChI=1S/C20H23ClN4O4S/c1-12-13(2)30-20(22-12)23-18(26)11-24(14-6-4-3-5-7-14)19(27)16-9-8-15(25(28)29)10-17(16)21/h8-10,14H,3-7,11H2,1-2H3,(H,22,23,26). The van der Waals surface area contributed by atoms with Crippen LogP contribution in [0.3, 0.4) is 0 Å². The fourth-order valence-corrected chi connectivity index (χ4v) is 4.63. The largest absolute Gasteiger partial charge is 0.326 e. The maximum atomic E-state index is 13.3. The van der Waals surface area contributed by atoms with E-state index in [1.54, 1.807) is 0 Å². The summed E-state index contributed by atoms with van der Waals surface area (Å²) in [4.78, 5) is 43.2. The molecule has 0 unspecified atom stereocenters. The van der Waals surface area contributed by atoms with Gasteiger partial charge in [0.05, 0.1) is 21.2 Å². The van der Waals surface area contributed by atoms with Crippen molar-refractivity contribution in [3.63, 3.8) is 0 Å². The number of thiazole rings is 1. The summed E-state index contributed by atoms with van der Waals surface area (Å²) < 4.78 is 0. The molecule has 0 radical (unpaired) electrons. The van der Waals surface area contributed by atoms with E-state index in [9.17, 15) is 19.7 Å². The first-order valence-electron chi connectivity index (χ1n) is 9.75. The number of benzene rings is 1. The van der Waals surface area contributed by atoms with Crippen LogP contribution in [0.4, 0.5) is 10.8 Å². The topological polar surface area (TPSA) is 105 Å². The first-order valence-corrected chi connectivity index (χ1v) is 10.9. The lowest BCUT2D eigenvalue weighted by atomic mass is 9.93. The summed E-state index contributed by atoms with van der Waals surface area (Å²) in [6.45, 7) is 3.67. The van der Waals surface area contributed by atoms with Gasteiger partial charge in [-0.2, -0.15) is 0 Å². The van der Waals surface area contributed by atoms with E-state index in [0.29, 0.717) is 5.13 Å². The third-order valence-electron chi connectivity index (χ3n) is 5.26. The molecule has 0 saturated heterocycles. The average Bonchev–Trinajstić information content (AvgIpc) is 3.02. The molecule has 0 bridgehead atoms. The van der Waals surface area contributed by atoms with Gasteiger partial charge in [0.25, 0.3) is 11.6 Å². The highest BCUT2D eigenvalue weighted by atomic mass is 35.5. The minimum absolute atomic E-state index is 0.00147. The number of hydrogen-bond acceptors (Lipinski definition) is 6. The van der Waals surface area contributed by atoms with Gasteiger partial charge in [-0.25, -0.2) is 4.98 Å². The number of halogens is 1. The van der Waals surface area contributed by atoms with Gasteiger partial charge in [0.15, 0.2) is 5.13 Å². The molecule has 1 fully saturated rings. The van der Waals surface area contributed by atoms with E-state index in [-0.39, 0.29) is 34.8 Å². The van der Waals surface area contributed by atoms with Gasteiger partial charge in [0.2, 0.25) is 5.91 Å². The Balaban J connectivity index is 1.82. The summed E-state index contributed by atoms with van der Waals surface area (Å²) in [5.74, 6) is -0.732. The Hall–Kier alpha value is -2.52. The van der Waals surface area contributed by atoms with E-state index >= 15 is 0 Å². The highest BCUT2D eigenvalue weighted by Crippen LogP contribution is 2.28. The van der Waals surface area contributed by atoms with E-state index < -0.39 is 10.8 Å². The molecule has 0 spiro atoms. The number of aryl methyl sites for hydroxylation is 2. The van der Waals surface area contributed by atoms with Crippen LogP contribution in [0.25, 0.3) is 0 Å². The number of anilines is 1. The molecule has 160 valence electrons. The van der Waals surface area contributed by atoms with Gasteiger partial charge < -0.3 is 10.2 Å². The quantitative estimate of drug-likeness (QED) is 0.505. The Morgan fingerprint density at radius 3 is 2.57 bits per heavy atom. The molecule has 1 saturated carbocycles. The summed E-state index contributed by atoms with van der Waals surface area (Å²) in [5.41, 5.74) is 0.822. The van der Waals surface area contributed by atoms with Crippen molar-refractivity contribution in [2.75, 3.05) is 11.9 Å². The van der Waals surface area contributed by atoms with Crippen LogP contribution in [-0.4, -0.2) is 39.2 Å². The number of non-ortho nitro benzene ring substituents is 1. The number of carbonyl (C=O) groups excluding carboxylic acids is 2. The lowest BCUT2D eigenvalue weighted by Gasteiger charge is -2.34. The van der Waals surface area contributed by atoms with Crippen LogP contribution in [0.2, 0.25) is 5.02 Å². The number of nitro groups is 1. The summed E-state index contributed by atoms with van der Waals surface area (Å²) in [7, 11) is 0.